The highest BCUT2D eigenvalue weighted by Crippen LogP contribution is 2.17. The average molecular weight is 413 g/mol. The third-order valence-electron chi connectivity index (χ3n) is 3.75. The molecular formula is C18H25BrN2O4. The van der Waals surface area contributed by atoms with Crippen LogP contribution in [0.15, 0.2) is 30.3 Å². The van der Waals surface area contributed by atoms with Crippen molar-refractivity contribution in [3.05, 3.63) is 35.9 Å². The fourth-order valence-electron chi connectivity index (χ4n) is 2.52. The van der Waals surface area contributed by atoms with Crippen LogP contribution in [0.2, 0.25) is 0 Å². The number of carbonyl (C=O) groups excluding carboxylic acids is 2. The molecule has 1 fully saturated rings. The van der Waals surface area contributed by atoms with Gasteiger partial charge in [-0.3, -0.25) is 0 Å². The van der Waals surface area contributed by atoms with Gasteiger partial charge in [0.1, 0.15) is 12.2 Å². The molecule has 6 nitrogen and oxygen atoms in total. The molecule has 1 aliphatic heterocycles. The minimum absolute atomic E-state index is 0.149. The fraction of sp³-hybridized carbons (Fsp3) is 0.556. The maximum atomic E-state index is 12.4. The van der Waals surface area contributed by atoms with E-state index in [1.807, 2.05) is 51.1 Å². The van der Waals surface area contributed by atoms with Crippen LogP contribution in [0.4, 0.5) is 9.59 Å². The Balaban J connectivity index is 1.90. The van der Waals surface area contributed by atoms with Gasteiger partial charge in [-0.15, -0.1) is 0 Å². The lowest BCUT2D eigenvalue weighted by molar-refractivity contribution is 0.00395. The summed E-state index contributed by atoms with van der Waals surface area (Å²) >= 11 is 3.43. The lowest BCUT2D eigenvalue weighted by Crippen LogP contribution is -2.57. The topological polar surface area (TPSA) is 59.1 Å². The number of amides is 2. The molecule has 0 spiro atoms. The quantitative estimate of drug-likeness (QED) is 0.710. The molecule has 1 aromatic carbocycles. The molecule has 0 aromatic heterocycles. The van der Waals surface area contributed by atoms with Crippen LogP contribution in [0.5, 0.6) is 0 Å². The van der Waals surface area contributed by atoms with Crippen LogP contribution in [0.25, 0.3) is 0 Å². The summed E-state index contributed by atoms with van der Waals surface area (Å²) in [5.74, 6) is 0. The summed E-state index contributed by atoms with van der Waals surface area (Å²) in [6.07, 6.45) is -0.715. The smallest absolute Gasteiger partial charge is 0.410 e. The molecule has 2 amide bonds. The lowest BCUT2D eigenvalue weighted by Gasteiger charge is -2.40. The zero-order valence-corrected chi connectivity index (χ0v) is 16.5. The van der Waals surface area contributed by atoms with E-state index in [0.717, 1.165) is 5.56 Å². The van der Waals surface area contributed by atoms with E-state index in [-0.39, 0.29) is 24.8 Å². The van der Waals surface area contributed by atoms with Crippen molar-refractivity contribution < 1.29 is 19.1 Å². The highest BCUT2D eigenvalue weighted by molar-refractivity contribution is 9.09. The third-order valence-corrected chi connectivity index (χ3v) is 4.50. The summed E-state index contributed by atoms with van der Waals surface area (Å²) < 4.78 is 10.8. The van der Waals surface area contributed by atoms with Gasteiger partial charge in [0.15, 0.2) is 0 Å². The molecule has 2 rings (SSSR count). The van der Waals surface area contributed by atoms with Gasteiger partial charge in [-0.05, 0) is 26.3 Å². The molecule has 138 valence electrons. The first-order valence-corrected chi connectivity index (χ1v) is 9.43. The Bertz CT molecular complexity index is 588. The number of benzene rings is 1. The average Bonchev–Trinajstić information content (AvgIpc) is 2.58. The minimum Gasteiger partial charge on any atom is -0.445 e. The van der Waals surface area contributed by atoms with Crippen molar-refractivity contribution in [2.45, 2.75) is 39.0 Å². The van der Waals surface area contributed by atoms with E-state index in [1.54, 1.807) is 9.80 Å². The van der Waals surface area contributed by atoms with Crippen molar-refractivity contribution in [2.75, 3.05) is 25.0 Å². The molecule has 0 radical (unpaired) electrons. The van der Waals surface area contributed by atoms with Gasteiger partial charge in [0, 0.05) is 25.0 Å². The molecular weight excluding hydrogens is 388 g/mol. The maximum absolute atomic E-state index is 12.4. The standard InChI is InChI=1S/C18H25BrN2O4/c1-18(2,3)25-16(22)20-9-10-21(15(11-19)12-20)17(23)24-13-14-7-5-4-6-8-14/h4-8,15H,9-13H2,1-3H3/t15-/m1/s1. The van der Waals surface area contributed by atoms with Crippen LogP contribution < -0.4 is 0 Å². The van der Waals surface area contributed by atoms with Crippen molar-refractivity contribution in [3.8, 4) is 0 Å². The van der Waals surface area contributed by atoms with Crippen molar-refractivity contribution in [3.63, 3.8) is 0 Å². The number of alkyl halides is 1. The molecule has 1 heterocycles. The lowest BCUT2D eigenvalue weighted by atomic mass is 10.2. The Morgan fingerprint density at radius 3 is 2.44 bits per heavy atom. The number of nitrogens with zero attached hydrogens (tertiary/aromatic N) is 2. The maximum Gasteiger partial charge on any atom is 0.410 e. The van der Waals surface area contributed by atoms with Crippen LogP contribution in [-0.4, -0.2) is 58.6 Å². The van der Waals surface area contributed by atoms with Crippen molar-refractivity contribution in [1.82, 2.24) is 9.80 Å². The zero-order chi connectivity index (χ0) is 18.4. The van der Waals surface area contributed by atoms with Gasteiger partial charge in [-0.1, -0.05) is 46.3 Å². The number of rotatable bonds is 3. The molecule has 0 aliphatic carbocycles. The van der Waals surface area contributed by atoms with Crippen LogP contribution in [-0.2, 0) is 16.1 Å². The van der Waals surface area contributed by atoms with E-state index in [4.69, 9.17) is 9.47 Å². The summed E-state index contributed by atoms with van der Waals surface area (Å²) in [5, 5.41) is 0.562. The monoisotopic (exact) mass is 412 g/mol. The predicted molar refractivity (Wildman–Crippen MR) is 98.7 cm³/mol. The summed E-state index contributed by atoms with van der Waals surface area (Å²) in [5.41, 5.74) is 0.408. The van der Waals surface area contributed by atoms with Gasteiger partial charge in [0.2, 0.25) is 0 Å². The van der Waals surface area contributed by atoms with E-state index in [0.29, 0.717) is 25.0 Å². The van der Waals surface area contributed by atoms with Gasteiger partial charge < -0.3 is 19.3 Å². The van der Waals surface area contributed by atoms with E-state index in [1.165, 1.54) is 0 Å². The number of carbonyl (C=O) groups is 2. The number of ether oxygens (including phenoxy) is 2. The fourth-order valence-corrected chi connectivity index (χ4v) is 3.08. The molecule has 1 aliphatic rings. The third kappa shape index (κ3) is 5.92. The molecule has 0 N–H and O–H groups in total. The number of halogens is 1. The summed E-state index contributed by atoms with van der Waals surface area (Å²) in [7, 11) is 0. The van der Waals surface area contributed by atoms with Gasteiger partial charge in [-0.2, -0.15) is 0 Å². The van der Waals surface area contributed by atoms with Gasteiger partial charge >= 0.3 is 12.2 Å². The Hall–Kier alpha value is -1.76. The second-order valence-electron chi connectivity index (χ2n) is 6.97. The first kappa shape index (κ1) is 19.6. The Kier molecular flexibility index (Phi) is 6.70. The predicted octanol–water partition coefficient (Wildman–Crippen LogP) is 3.64. The summed E-state index contributed by atoms with van der Waals surface area (Å²) in [4.78, 5) is 27.9. The molecule has 1 atom stereocenters. The number of hydrogen-bond donors (Lipinski definition) is 0. The zero-order valence-electron chi connectivity index (χ0n) is 14.9. The molecule has 0 bridgehead atoms. The van der Waals surface area contributed by atoms with Crippen LogP contribution in [0.1, 0.15) is 26.3 Å². The second kappa shape index (κ2) is 8.56. The Morgan fingerprint density at radius 2 is 1.84 bits per heavy atom. The normalized spacial score (nSPS) is 18.0. The van der Waals surface area contributed by atoms with Crippen molar-refractivity contribution in [1.29, 1.82) is 0 Å². The van der Waals surface area contributed by atoms with Crippen LogP contribution >= 0.6 is 15.9 Å². The Labute approximate surface area is 157 Å². The number of hydrogen-bond acceptors (Lipinski definition) is 4. The van der Waals surface area contributed by atoms with Crippen molar-refractivity contribution in [2.24, 2.45) is 0 Å². The van der Waals surface area contributed by atoms with E-state index in [2.05, 4.69) is 15.9 Å². The highest BCUT2D eigenvalue weighted by atomic mass is 79.9. The van der Waals surface area contributed by atoms with Gasteiger partial charge in [0.05, 0.1) is 6.04 Å². The Morgan fingerprint density at radius 1 is 1.16 bits per heavy atom. The SMILES string of the molecule is CC(C)(C)OC(=O)N1CCN(C(=O)OCc2ccccc2)[C@H](CBr)C1. The van der Waals surface area contributed by atoms with Crippen LogP contribution in [0, 0.1) is 0 Å². The van der Waals surface area contributed by atoms with Crippen LogP contribution in [0.3, 0.4) is 0 Å². The first-order valence-electron chi connectivity index (χ1n) is 8.31. The summed E-state index contributed by atoms with van der Waals surface area (Å²) in [6, 6.07) is 9.41. The molecule has 1 saturated heterocycles. The number of piperazine rings is 1. The second-order valence-corrected chi connectivity index (χ2v) is 7.62. The van der Waals surface area contributed by atoms with Gasteiger partial charge in [-0.25, -0.2) is 9.59 Å². The molecule has 1 aromatic rings. The van der Waals surface area contributed by atoms with E-state index in [9.17, 15) is 9.59 Å². The molecule has 7 heteroatoms. The molecule has 0 saturated carbocycles. The van der Waals surface area contributed by atoms with E-state index >= 15 is 0 Å². The molecule has 0 unspecified atom stereocenters. The van der Waals surface area contributed by atoms with E-state index < -0.39 is 5.60 Å². The van der Waals surface area contributed by atoms with Gasteiger partial charge in [0.25, 0.3) is 0 Å². The summed E-state index contributed by atoms with van der Waals surface area (Å²) in [6.45, 7) is 7.02. The highest BCUT2D eigenvalue weighted by Gasteiger charge is 2.34. The first-order chi connectivity index (χ1) is 11.8. The molecule has 25 heavy (non-hydrogen) atoms. The minimum atomic E-state index is -0.535. The largest absolute Gasteiger partial charge is 0.445 e. The van der Waals surface area contributed by atoms with Crippen molar-refractivity contribution >= 4 is 28.1 Å².